The second kappa shape index (κ2) is 8.96. The van der Waals surface area contributed by atoms with Crippen LogP contribution >= 0.6 is 0 Å². The summed E-state index contributed by atoms with van der Waals surface area (Å²) in [6.45, 7) is 1.42. The summed E-state index contributed by atoms with van der Waals surface area (Å²) in [6.07, 6.45) is -2.84. The summed E-state index contributed by atoms with van der Waals surface area (Å²) < 4.78 is 5.38. The molecule has 1 heterocycles. The fourth-order valence-corrected chi connectivity index (χ4v) is 2.38. The molecule has 5 unspecified atom stereocenters. The van der Waals surface area contributed by atoms with Crippen molar-refractivity contribution in [3.8, 4) is 0 Å². The molecule has 6 atom stereocenters. The minimum atomic E-state index is -1.37. The highest BCUT2D eigenvalue weighted by Crippen LogP contribution is 2.31. The van der Waals surface area contributed by atoms with Crippen LogP contribution in [0.1, 0.15) is 13.3 Å². The van der Waals surface area contributed by atoms with E-state index in [-0.39, 0.29) is 6.42 Å². The van der Waals surface area contributed by atoms with Crippen LogP contribution in [0.25, 0.3) is 41.8 Å². The van der Waals surface area contributed by atoms with Crippen LogP contribution in [-0.2, 0) is 9.53 Å². The van der Waals surface area contributed by atoms with Crippen molar-refractivity contribution in [2.24, 2.45) is 20.5 Å². The SMILES string of the molecule is CC(N=[N+]=[N-])C(N=[N+]=[N-])C1O[C@H](C(=O)O)CC(N=[N+]=[N-])C1N=[N+]=[N-]. The van der Waals surface area contributed by atoms with Gasteiger partial charge in [-0.2, -0.15) is 0 Å². The Morgan fingerprint density at radius 3 is 2.25 bits per heavy atom. The van der Waals surface area contributed by atoms with Crippen LogP contribution in [0.3, 0.4) is 0 Å². The van der Waals surface area contributed by atoms with Crippen molar-refractivity contribution in [1.82, 2.24) is 0 Å². The van der Waals surface area contributed by atoms with Gasteiger partial charge in [0.25, 0.3) is 0 Å². The van der Waals surface area contributed by atoms with Gasteiger partial charge in [-0.3, -0.25) is 0 Å². The molecule has 1 aliphatic rings. The van der Waals surface area contributed by atoms with Gasteiger partial charge >= 0.3 is 5.97 Å². The Hall–Kier alpha value is -3.33. The molecule has 0 aromatic heterocycles. The zero-order chi connectivity index (χ0) is 18.1. The van der Waals surface area contributed by atoms with E-state index in [1.165, 1.54) is 6.92 Å². The molecule has 0 radical (unpaired) electrons. The number of nitrogens with zero attached hydrogens (tertiary/aromatic N) is 12. The Labute approximate surface area is 133 Å². The van der Waals surface area contributed by atoms with Gasteiger partial charge in [-0.25, -0.2) is 4.79 Å². The lowest BCUT2D eigenvalue weighted by Crippen LogP contribution is -2.55. The van der Waals surface area contributed by atoms with Crippen molar-refractivity contribution in [1.29, 1.82) is 0 Å². The molecule has 15 nitrogen and oxygen atoms in total. The first-order chi connectivity index (χ1) is 11.5. The van der Waals surface area contributed by atoms with E-state index in [0.29, 0.717) is 0 Å². The fraction of sp³-hybridized carbons (Fsp3) is 0.889. The summed E-state index contributed by atoms with van der Waals surface area (Å²) in [5.74, 6) is -1.33. The van der Waals surface area contributed by atoms with Crippen LogP contribution in [0.2, 0.25) is 0 Å². The quantitative estimate of drug-likeness (QED) is 0.418. The minimum Gasteiger partial charge on any atom is -0.479 e. The molecule has 1 N–H and O–H groups in total. The van der Waals surface area contributed by atoms with Gasteiger partial charge in [-0.1, -0.05) is 27.4 Å². The number of hydrogen-bond acceptors (Lipinski definition) is 6. The van der Waals surface area contributed by atoms with Gasteiger partial charge in [0.15, 0.2) is 6.10 Å². The highest BCUT2D eigenvalue weighted by Gasteiger charge is 2.45. The van der Waals surface area contributed by atoms with E-state index in [9.17, 15) is 4.79 Å². The molecule has 0 aliphatic carbocycles. The van der Waals surface area contributed by atoms with Crippen molar-refractivity contribution in [2.75, 3.05) is 0 Å². The monoisotopic (exact) mass is 336 g/mol. The maximum Gasteiger partial charge on any atom is 0.332 e. The molecule has 1 aliphatic heterocycles. The lowest BCUT2D eigenvalue weighted by Gasteiger charge is -2.40. The molecule has 1 saturated heterocycles. The van der Waals surface area contributed by atoms with Crippen molar-refractivity contribution in [2.45, 2.75) is 49.7 Å². The molecule has 24 heavy (non-hydrogen) atoms. The average Bonchev–Trinajstić information content (AvgIpc) is 2.54. The number of hydrogen-bond donors (Lipinski definition) is 1. The Morgan fingerprint density at radius 1 is 1.12 bits per heavy atom. The van der Waals surface area contributed by atoms with Gasteiger partial charge < -0.3 is 9.84 Å². The van der Waals surface area contributed by atoms with Gasteiger partial charge in [0.1, 0.15) is 0 Å². The molecule has 0 aromatic carbocycles. The van der Waals surface area contributed by atoms with Crippen LogP contribution < -0.4 is 0 Å². The predicted molar refractivity (Wildman–Crippen MR) is 78.3 cm³/mol. The zero-order valence-corrected chi connectivity index (χ0v) is 12.3. The Morgan fingerprint density at radius 2 is 1.75 bits per heavy atom. The number of aliphatic carboxylic acids is 1. The van der Waals surface area contributed by atoms with Crippen molar-refractivity contribution < 1.29 is 14.6 Å². The summed E-state index contributed by atoms with van der Waals surface area (Å²) in [7, 11) is 0. The van der Waals surface area contributed by atoms with Crippen LogP contribution in [0.15, 0.2) is 20.5 Å². The number of carboxylic acids is 1. The Bertz CT molecular complexity index is 649. The van der Waals surface area contributed by atoms with E-state index in [0.717, 1.165) is 0 Å². The van der Waals surface area contributed by atoms with Gasteiger partial charge in [0.2, 0.25) is 0 Å². The summed E-state index contributed by atoms with van der Waals surface area (Å²) >= 11 is 0. The van der Waals surface area contributed by atoms with Gasteiger partial charge in [0, 0.05) is 25.7 Å². The van der Waals surface area contributed by atoms with Gasteiger partial charge in [-0.05, 0) is 28.5 Å². The van der Waals surface area contributed by atoms with Crippen molar-refractivity contribution in [3.05, 3.63) is 41.8 Å². The smallest absolute Gasteiger partial charge is 0.332 e. The van der Waals surface area contributed by atoms with Crippen molar-refractivity contribution in [3.63, 3.8) is 0 Å². The van der Waals surface area contributed by atoms with Crippen LogP contribution in [0.4, 0.5) is 0 Å². The molecule has 126 valence electrons. The van der Waals surface area contributed by atoms with Crippen molar-refractivity contribution >= 4 is 5.97 Å². The highest BCUT2D eigenvalue weighted by atomic mass is 16.5. The van der Waals surface area contributed by atoms with Crippen LogP contribution in [0.5, 0.6) is 0 Å². The molecule has 1 rings (SSSR count). The first-order valence-electron chi connectivity index (χ1n) is 6.55. The first kappa shape index (κ1) is 18.7. The highest BCUT2D eigenvalue weighted by molar-refractivity contribution is 5.72. The molecule has 0 saturated carbocycles. The normalized spacial score (nSPS) is 27.9. The Balaban J connectivity index is 3.39. The third kappa shape index (κ3) is 4.34. The zero-order valence-electron chi connectivity index (χ0n) is 12.3. The first-order valence-corrected chi connectivity index (χ1v) is 6.55. The molecule has 0 bridgehead atoms. The second-order valence-corrected chi connectivity index (χ2v) is 4.77. The summed E-state index contributed by atoms with van der Waals surface area (Å²) in [5, 5.41) is 23.0. The van der Waals surface area contributed by atoms with Crippen LogP contribution in [0, 0.1) is 0 Å². The molecule has 15 heteroatoms. The largest absolute Gasteiger partial charge is 0.479 e. The standard InChI is InChI=1S/C9H12N12O3/c1-3(14-18-10)6(16-20-12)8-7(17-21-13)4(15-19-11)2-5(24-8)9(22)23/h3-8H,2H2,1H3,(H,22,23)/t3?,4?,5-,6?,7?,8?/m0/s1. The molecular formula is C9H12N12O3. The Kier molecular flexibility index (Phi) is 6.98. The summed E-state index contributed by atoms with van der Waals surface area (Å²) in [6, 6.07) is -4.25. The van der Waals surface area contributed by atoms with Gasteiger partial charge in [-0.15, -0.1) is 0 Å². The second-order valence-electron chi connectivity index (χ2n) is 4.77. The topological polar surface area (TPSA) is 242 Å². The number of carboxylic acid groups (broad SMARTS) is 1. The van der Waals surface area contributed by atoms with E-state index >= 15 is 0 Å². The lowest BCUT2D eigenvalue weighted by molar-refractivity contribution is -0.163. The molecule has 0 amide bonds. The van der Waals surface area contributed by atoms with E-state index in [2.05, 4.69) is 40.1 Å². The average molecular weight is 336 g/mol. The van der Waals surface area contributed by atoms with Gasteiger partial charge in [0.05, 0.1) is 24.2 Å². The predicted octanol–water partition coefficient (Wildman–Crippen LogP) is 2.96. The third-order valence-electron chi connectivity index (χ3n) is 3.42. The van der Waals surface area contributed by atoms with E-state index in [4.69, 9.17) is 32.0 Å². The maximum atomic E-state index is 11.2. The summed E-state index contributed by atoms with van der Waals surface area (Å²) in [4.78, 5) is 21.7. The molecule has 1 fully saturated rings. The fourth-order valence-electron chi connectivity index (χ4n) is 2.38. The van der Waals surface area contributed by atoms with E-state index in [1.54, 1.807) is 0 Å². The number of azide groups is 4. The van der Waals surface area contributed by atoms with E-state index in [1.807, 2.05) is 0 Å². The molecule has 0 aromatic rings. The minimum absolute atomic E-state index is 0.224. The van der Waals surface area contributed by atoms with E-state index < -0.39 is 42.3 Å². The van der Waals surface area contributed by atoms with Crippen LogP contribution in [-0.4, -0.2) is 47.5 Å². The number of rotatable bonds is 7. The number of ether oxygens (including phenoxy) is 1. The summed E-state index contributed by atoms with van der Waals surface area (Å²) in [5.41, 5.74) is 34.6. The lowest BCUT2D eigenvalue weighted by atomic mass is 9.88. The number of carbonyl (C=O) groups is 1. The third-order valence-corrected chi connectivity index (χ3v) is 3.42. The molecular weight excluding hydrogens is 324 g/mol. The maximum absolute atomic E-state index is 11.2. The molecule has 0 spiro atoms.